The van der Waals surface area contributed by atoms with Gasteiger partial charge in [-0.25, -0.2) is 0 Å². The summed E-state index contributed by atoms with van der Waals surface area (Å²) >= 11 is 0. The Labute approximate surface area is 107 Å². The van der Waals surface area contributed by atoms with Crippen molar-refractivity contribution in [3.63, 3.8) is 0 Å². The number of carbonyl (C=O) groups excluding carboxylic acids is 1. The van der Waals surface area contributed by atoms with Crippen LogP contribution in [0.1, 0.15) is 18.9 Å². The van der Waals surface area contributed by atoms with Crippen molar-refractivity contribution < 1.29 is 14.3 Å². The van der Waals surface area contributed by atoms with Crippen molar-refractivity contribution in [1.29, 1.82) is 0 Å². The zero-order valence-corrected chi connectivity index (χ0v) is 10.7. The van der Waals surface area contributed by atoms with Crippen molar-refractivity contribution in [3.05, 3.63) is 29.3 Å². The molecule has 0 aromatic heterocycles. The highest BCUT2D eigenvalue weighted by molar-refractivity contribution is 5.99. The van der Waals surface area contributed by atoms with E-state index < -0.39 is 0 Å². The zero-order valence-electron chi connectivity index (χ0n) is 10.7. The van der Waals surface area contributed by atoms with Gasteiger partial charge in [-0.1, -0.05) is 6.92 Å². The van der Waals surface area contributed by atoms with Crippen LogP contribution in [0.4, 0.5) is 0 Å². The molecule has 0 fully saturated rings. The number of fused-ring (bicyclic) bond motifs is 1. The van der Waals surface area contributed by atoms with Crippen LogP contribution < -0.4 is 14.8 Å². The Morgan fingerprint density at radius 1 is 1.50 bits per heavy atom. The van der Waals surface area contributed by atoms with Crippen LogP contribution in [0.3, 0.4) is 0 Å². The average molecular weight is 247 g/mol. The first-order valence-electron chi connectivity index (χ1n) is 6.04. The van der Waals surface area contributed by atoms with Crippen LogP contribution in [0.15, 0.2) is 23.8 Å². The molecular weight excluding hydrogens is 230 g/mol. The smallest absolute Gasteiger partial charge is 0.250 e. The SMILES string of the molecule is CCCNC(=O)C1=Cc2cc(OC)ccc2OC1. The second kappa shape index (κ2) is 5.58. The molecule has 4 nitrogen and oxygen atoms in total. The Kier molecular flexibility index (Phi) is 3.87. The molecule has 0 saturated heterocycles. The fourth-order valence-electron chi connectivity index (χ4n) is 1.77. The fourth-order valence-corrected chi connectivity index (χ4v) is 1.77. The Hall–Kier alpha value is -1.97. The summed E-state index contributed by atoms with van der Waals surface area (Å²) in [7, 11) is 1.62. The lowest BCUT2D eigenvalue weighted by Gasteiger charge is -2.18. The van der Waals surface area contributed by atoms with E-state index in [1.807, 2.05) is 31.2 Å². The summed E-state index contributed by atoms with van der Waals surface area (Å²) in [4.78, 5) is 11.8. The molecule has 1 amide bonds. The molecule has 4 heteroatoms. The summed E-state index contributed by atoms with van der Waals surface area (Å²) in [6.07, 6.45) is 2.77. The molecule has 1 aromatic carbocycles. The minimum atomic E-state index is -0.0645. The van der Waals surface area contributed by atoms with Gasteiger partial charge >= 0.3 is 0 Å². The van der Waals surface area contributed by atoms with Gasteiger partial charge in [-0.15, -0.1) is 0 Å². The van der Waals surface area contributed by atoms with Gasteiger partial charge in [-0.05, 0) is 30.7 Å². The zero-order chi connectivity index (χ0) is 13.0. The molecule has 0 aliphatic carbocycles. The molecule has 1 aromatic rings. The highest BCUT2D eigenvalue weighted by Gasteiger charge is 2.17. The Balaban J connectivity index is 2.20. The second-order valence-corrected chi connectivity index (χ2v) is 4.12. The molecule has 1 aliphatic heterocycles. The van der Waals surface area contributed by atoms with Crippen LogP contribution in [0, 0.1) is 0 Å². The van der Waals surface area contributed by atoms with Gasteiger partial charge in [0.2, 0.25) is 0 Å². The molecule has 0 saturated carbocycles. The number of rotatable bonds is 4. The lowest BCUT2D eigenvalue weighted by molar-refractivity contribution is -0.117. The molecule has 96 valence electrons. The molecule has 2 rings (SSSR count). The van der Waals surface area contributed by atoms with Crippen molar-refractivity contribution in [2.75, 3.05) is 20.3 Å². The molecule has 1 heterocycles. The quantitative estimate of drug-likeness (QED) is 0.885. The first-order chi connectivity index (χ1) is 8.74. The van der Waals surface area contributed by atoms with Gasteiger partial charge in [-0.3, -0.25) is 4.79 Å². The van der Waals surface area contributed by atoms with E-state index in [0.29, 0.717) is 18.7 Å². The average Bonchev–Trinajstić information content (AvgIpc) is 2.43. The maximum atomic E-state index is 11.8. The lowest BCUT2D eigenvalue weighted by Crippen LogP contribution is -2.29. The monoisotopic (exact) mass is 247 g/mol. The first kappa shape index (κ1) is 12.5. The molecule has 0 bridgehead atoms. The molecule has 0 spiro atoms. The Morgan fingerprint density at radius 3 is 3.06 bits per heavy atom. The third-order valence-corrected chi connectivity index (χ3v) is 2.76. The minimum Gasteiger partial charge on any atom is -0.497 e. The highest BCUT2D eigenvalue weighted by Crippen LogP contribution is 2.29. The van der Waals surface area contributed by atoms with E-state index in [1.54, 1.807) is 7.11 Å². The molecule has 1 aliphatic rings. The number of nitrogens with one attached hydrogen (secondary N) is 1. The molecular formula is C14H17NO3. The number of ether oxygens (including phenoxy) is 2. The second-order valence-electron chi connectivity index (χ2n) is 4.12. The number of benzene rings is 1. The standard InChI is InChI=1S/C14H17NO3/c1-3-6-15-14(16)11-7-10-8-12(17-2)4-5-13(10)18-9-11/h4-5,7-8H,3,6,9H2,1-2H3,(H,15,16). The van der Waals surface area contributed by atoms with Crippen LogP contribution >= 0.6 is 0 Å². The van der Waals surface area contributed by atoms with Crippen LogP contribution in [0.25, 0.3) is 6.08 Å². The predicted molar refractivity (Wildman–Crippen MR) is 69.8 cm³/mol. The summed E-state index contributed by atoms with van der Waals surface area (Å²) in [6, 6.07) is 5.56. The van der Waals surface area contributed by atoms with Crippen LogP contribution in [0.2, 0.25) is 0 Å². The normalized spacial score (nSPS) is 13.1. The van der Waals surface area contributed by atoms with Gasteiger partial charge in [-0.2, -0.15) is 0 Å². The van der Waals surface area contributed by atoms with Crippen molar-refractivity contribution in [2.24, 2.45) is 0 Å². The fraction of sp³-hybridized carbons (Fsp3) is 0.357. The van der Waals surface area contributed by atoms with E-state index in [-0.39, 0.29) is 5.91 Å². The van der Waals surface area contributed by atoms with E-state index in [4.69, 9.17) is 9.47 Å². The van der Waals surface area contributed by atoms with Gasteiger partial charge in [0.15, 0.2) is 0 Å². The van der Waals surface area contributed by atoms with E-state index in [0.717, 1.165) is 23.5 Å². The largest absolute Gasteiger partial charge is 0.497 e. The molecule has 18 heavy (non-hydrogen) atoms. The summed E-state index contributed by atoms with van der Waals surface area (Å²) in [5.74, 6) is 1.47. The van der Waals surface area contributed by atoms with Crippen LogP contribution in [-0.2, 0) is 4.79 Å². The third-order valence-electron chi connectivity index (χ3n) is 2.76. The van der Waals surface area contributed by atoms with Crippen molar-refractivity contribution in [3.8, 4) is 11.5 Å². The van der Waals surface area contributed by atoms with Gasteiger partial charge < -0.3 is 14.8 Å². The molecule has 0 radical (unpaired) electrons. The number of hydrogen-bond donors (Lipinski definition) is 1. The Bertz CT molecular complexity index is 480. The van der Waals surface area contributed by atoms with Crippen molar-refractivity contribution in [2.45, 2.75) is 13.3 Å². The molecule has 0 unspecified atom stereocenters. The van der Waals surface area contributed by atoms with E-state index >= 15 is 0 Å². The van der Waals surface area contributed by atoms with E-state index in [1.165, 1.54) is 0 Å². The topological polar surface area (TPSA) is 47.6 Å². The number of hydrogen-bond acceptors (Lipinski definition) is 3. The maximum Gasteiger partial charge on any atom is 0.250 e. The maximum absolute atomic E-state index is 11.8. The third kappa shape index (κ3) is 2.64. The van der Waals surface area contributed by atoms with Crippen LogP contribution in [0.5, 0.6) is 11.5 Å². The summed E-state index contributed by atoms with van der Waals surface area (Å²) < 4.78 is 10.7. The van der Waals surface area contributed by atoms with E-state index in [9.17, 15) is 4.79 Å². The van der Waals surface area contributed by atoms with Gasteiger partial charge in [0, 0.05) is 12.1 Å². The molecule has 0 atom stereocenters. The Morgan fingerprint density at radius 2 is 2.33 bits per heavy atom. The predicted octanol–water partition coefficient (Wildman–Crippen LogP) is 2.00. The van der Waals surface area contributed by atoms with Gasteiger partial charge in [0.25, 0.3) is 5.91 Å². The van der Waals surface area contributed by atoms with Crippen molar-refractivity contribution in [1.82, 2.24) is 5.32 Å². The van der Waals surface area contributed by atoms with Crippen LogP contribution in [-0.4, -0.2) is 26.2 Å². The summed E-state index contributed by atoms with van der Waals surface area (Å²) in [5.41, 5.74) is 1.52. The van der Waals surface area contributed by atoms with Crippen molar-refractivity contribution >= 4 is 12.0 Å². The van der Waals surface area contributed by atoms with Gasteiger partial charge in [0.1, 0.15) is 18.1 Å². The summed E-state index contributed by atoms with van der Waals surface area (Å²) in [6.45, 7) is 3.02. The first-order valence-corrected chi connectivity index (χ1v) is 6.04. The number of carbonyl (C=O) groups is 1. The van der Waals surface area contributed by atoms with Gasteiger partial charge in [0.05, 0.1) is 12.7 Å². The highest BCUT2D eigenvalue weighted by atomic mass is 16.5. The minimum absolute atomic E-state index is 0.0645. The number of methoxy groups -OCH3 is 1. The molecule has 1 N–H and O–H groups in total. The lowest BCUT2D eigenvalue weighted by atomic mass is 10.1. The number of amides is 1. The summed E-state index contributed by atoms with van der Waals surface area (Å²) in [5, 5.41) is 2.84. The van der Waals surface area contributed by atoms with E-state index in [2.05, 4.69) is 5.32 Å².